The van der Waals surface area contributed by atoms with Gasteiger partial charge in [-0.3, -0.25) is 0 Å². The topological polar surface area (TPSA) is 42.4 Å². The first-order valence-corrected chi connectivity index (χ1v) is 3.93. The fraction of sp³-hybridized carbons (Fsp3) is 0.444. The monoisotopic (exact) mass is 167 g/mol. The highest BCUT2D eigenvalue weighted by molar-refractivity contribution is 5.32. The zero-order valence-electron chi connectivity index (χ0n) is 7.53. The normalized spacial score (nSPS) is 10.3. The molecule has 0 saturated carbocycles. The minimum absolute atomic E-state index is 0.0326. The van der Waals surface area contributed by atoms with Crippen molar-refractivity contribution in [3.8, 4) is 11.6 Å². The third kappa shape index (κ3) is 2.12. The van der Waals surface area contributed by atoms with Gasteiger partial charge in [0.05, 0.1) is 6.10 Å². The Balaban J connectivity index is 2.90. The Morgan fingerprint density at radius 2 is 2.08 bits per heavy atom. The number of aryl methyl sites for hydroxylation is 1. The summed E-state index contributed by atoms with van der Waals surface area (Å²) < 4.78 is 5.26. The molecule has 12 heavy (non-hydrogen) atoms. The van der Waals surface area contributed by atoms with Gasteiger partial charge in [0, 0.05) is 5.69 Å². The molecule has 1 N–H and O–H groups in total. The third-order valence-electron chi connectivity index (χ3n) is 1.33. The van der Waals surface area contributed by atoms with Crippen molar-refractivity contribution in [2.45, 2.75) is 26.9 Å². The molecule has 0 aromatic carbocycles. The molecule has 0 unspecified atom stereocenters. The highest BCUT2D eigenvalue weighted by Gasteiger charge is 2.05. The number of aromatic hydroxyl groups is 1. The van der Waals surface area contributed by atoms with E-state index in [1.54, 1.807) is 12.1 Å². The summed E-state index contributed by atoms with van der Waals surface area (Å²) in [5, 5.41) is 9.30. The number of pyridine rings is 1. The lowest BCUT2D eigenvalue weighted by atomic mass is 10.3. The van der Waals surface area contributed by atoms with E-state index >= 15 is 0 Å². The van der Waals surface area contributed by atoms with Gasteiger partial charge in [-0.25, -0.2) is 4.98 Å². The lowest BCUT2D eigenvalue weighted by Gasteiger charge is -2.09. The second kappa shape index (κ2) is 3.43. The van der Waals surface area contributed by atoms with Gasteiger partial charge in [0.15, 0.2) is 5.75 Å². The minimum atomic E-state index is 0.0326. The zero-order valence-corrected chi connectivity index (χ0v) is 7.53. The molecule has 3 nitrogen and oxygen atoms in total. The van der Waals surface area contributed by atoms with Crippen LogP contribution >= 0.6 is 0 Å². The Morgan fingerprint density at radius 3 is 2.67 bits per heavy atom. The Kier molecular flexibility index (Phi) is 2.53. The van der Waals surface area contributed by atoms with E-state index in [2.05, 4.69) is 4.98 Å². The van der Waals surface area contributed by atoms with Gasteiger partial charge in [0.2, 0.25) is 0 Å². The molecule has 0 spiro atoms. The van der Waals surface area contributed by atoms with Crippen LogP contribution in [0.25, 0.3) is 0 Å². The van der Waals surface area contributed by atoms with Gasteiger partial charge in [-0.15, -0.1) is 0 Å². The molecule has 0 aliphatic rings. The van der Waals surface area contributed by atoms with Gasteiger partial charge in [-0.2, -0.15) is 0 Å². The molecule has 0 saturated heterocycles. The van der Waals surface area contributed by atoms with Crippen LogP contribution in [-0.4, -0.2) is 16.2 Å². The highest BCUT2D eigenvalue weighted by Crippen LogP contribution is 2.23. The van der Waals surface area contributed by atoms with Crippen LogP contribution in [0, 0.1) is 6.92 Å². The van der Waals surface area contributed by atoms with Crippen LogP contribution in [0.3, 0.4) is 0 Å². The van der Waals surface area contributed by atoms with Crippen LogP contribution in [0.4, 0.5) is 0 Å². The molecule has 1 heterocycles. The molecule has 0 atom stereocenters. The fourth-order valence-corrected chi connectivity index (χ4v) is 0.836. The average molecular weight is 167 g/mol. The van der Waals surface area contributed by atoms with Crippen LogP contribution in [0.5, 0.6) is 11.6 Å². The van der Waals surface area contributed by atoms with E-state index in [0.29, 0.717) is 5.88 Å². The maximum absolute atomic E-state index is 9.30. The van der Waals surface area contributed by atoms with E-state index in [-0.39, 0.29) is 11.9 Å². The largest absolute Gasteiger partial charge is 0.503 e. The van der Waals surface area contributed by atoms with Crippen molar-refractivity contribution in [3.05, 3.63) is 17.8 Å². The van der Waals surface area contributed by atoms with E-state index in [9.17, 15) is 5.11 Å². The van der Waals surface area contributed by atoms with E-state index in [4.69, 9.17) is 4.74 Å². The summed E-state index contributed by atoms with van der Waals surface area (Å²) in [4.78, 5) is 4.04. The molecule has 3 heteroatoms. The summed E-state index contributed by atoms with van der Waals surface area (Å²) in [6.45, 7) is 5.64. The van der Waals surface area contributed by atoms with Gasteiger partial charge in [-0.05, 0) is 32.9 Å². The van der Waals surface area contributed by atoms with Crippen LogP contribution < -0.4 is 4.74 Å². The SMILES string of the molecule is Cc1ccc(O)c(OC(C)C)n1. The van der Waals surface area contributed by atoms with Gasteiger partial charge in [0.1, 0.15) is 0 Å². The van der Waals surface area contributed by atoms with Gasteiger partial charge in [-0.1, -0.05) is 0 Å². The molecule has 0 fully saturated rings. The third-order valence-corrected chi connectivity index (χ3v) is 1.33. The number of nitrogens with zero attached hydrogens (tertiary/aromatic N) is 1. The van der Waals surface area contributed by atoms with Gasteiger partial charge < -0.3 is 9.84 Å². The lowest BCUT2D eigenvalue weighted by molar-refractivity contribution is 0.221. The number of rotatable bonds is 2. The van der Waals surface area contributed by atoms with E-state index in [1.165, 1.54) is 0 Å². The Morgan fingerprint density at radius 1 is 1.42 bits per heavy atom. The second-order valence-electron chi connectivity index (χ2n) is 2.94. The van der Waals surface area contributed by atoms with Crippen molar-refractivity contribution in [3.63, 3.8) is 0 Å². The molecule has 0 radical (unpaired) electrons. The summed E-state index contributed by atoms with van der Waals surface area (Å²) in [5.74, 6) is 0.402. The van der Waals surface area contributed by atoms with E-state index in [0.717, 1.165) is 5.69 Å². The zero-order chi connectivity index (χ0) is 9.14. The lowest BCUT2D eigenvalue weighted by Crippen LogP contribution is -2.07. The van der Waals surface area contributed by atoms with Crippen molar-refractivity contribution in [1.82, 2.24) is 4.98 Å². The first-order chi connectivity index (χ1) is 5.59. The van der Waals surface area contributed by atoms with Crippen molar-refractivity contribution in [2.24, 2.45) is 0 Å². The number of hydrogen-bond acceptors (Lipinski definition) is 3. The second-order valence-corrected chi connectivity index (χ2v) is 2.94. The van der Waals surface area contributed by atoms with Crippen LogP contribution in [-0.2, 0) is 0 Å². The fourth-order valence-electron chi connectivity index (χ4n) is 0.836. The highest BCUT2D eigenvalue weighted by atomic mass is 16.5. The summed E-state index contributed by atoms with van der Waals surface area (Å²) in [6.07, 6.45) is 0.0326. The molecule has 1 aromatic heterocycles. The quantitative estimate of drug-likeness (QED) is 0.731. The minimum Gasteiger partial charge on any atom is -0.503 e. The predicted octanol–water partition coefficient (Wildman–Crippen LogP) is 1.88. The number of ether oxygens (including phenoxy) is 1. The predicted molar refractivity (Wildman–Crippen MR) is 46.4 cm³/mol. The summed E-state index contributed by atoms with van der Waals surface area (Å²) in [6, 6.07) is 3.32. The van der Waals surface area contributed by atoms with Crippen molar-refractivity contribution in [2.75, 3.05) is 0 Å². The molecule has 1 aromatic rings. The standard InChI is InChI=1S/C9H13NO2/c1-6(2)12-9-8(11)5-4-7(3)10-9/h4-6,11H,1-3H3. The number of hydrogen-bond donors (Lipinski definition) is 1. The molecule has 1 rings (SSSR count). The summed E-state index contributed by atoms with van der Waals surface area (Å²) >= 11 is 0. The van der Waals surface area contributed by atoms with Crippen LogP contribution in [0.1, 0.15) is 19.5 Å². The van der Waals surface area contributed by atoms with Gasteiger partial charge in [0.25, 0.3) is 5.88 Å². The summed E-state index contributed by atoms with van der Waals surface area (Å²) in [5.41, 5.74) is 0.837. The molecule has 0 aliphatic carbocycles. The van der Waals surface area contributed by atoms with Crippen molar-refractivity contribution < 1.29 is 9.84 Å². The number of aromatic nitrogens is 1. The summed E-state index contributed by atoms with van der Waals surface area (Å²) in [7, 11) is 0. The molecule has 0 aliphatic heterocycles. The van der Waals surface area contributed by atoms with E-state index < -0.39 is 0 Å². The van der Waals surface area contributed by atoms with Gasteiger partial charge >= 0.3 is 0 Å². The first kappa shape index (κ1) is 8.84. The molecular weight excluding hydrogens is 154 g/mol. The molecular formula is C9H13NO2. The maximum atomic E-state index is 9.30. The Labute approximate surface area is 72.0 Å². The molecule has 0 amide bonds. The molecule has 0 bridgehead atoms. The van der Waals surface area contributed by atoms with Crippen molar-refractivity contribution >= 4 is 0 Å². The smallest absolute Gasteiger partial charge is 0.257 e. The van der Waals surface area contributed by atoms with E-state index in [1.807, 2.05) is 20.8 Å². The molecule has 66 valence electrons. The Bertz CT molecular complexity index is 271. The van der Waals surface area contributed by atoms with Crippen LogP contribution in [0.15, 0.2) is 12.1 Å². The Hall–Kier alpha value is -1.25. The van der Waals surface area contributed by atoms with Crippen LogP contribution in [0.2, 0.25) is 0 Å². The maximum Gasteiger partial charge on any atom is 0.257 e. The first-order valence-electron chi connectivity index (χ1n) is 3.93. The van der Waals surface area contributed by atoms with Crippen molar-refractivity contribution in [1.29, 1.82) is 0 Å². The average Bonchev–Trinajstić information content (AvgIpc) is 1.96.